The van der Waals surface area contributed by atoms with Gasteiger partial charge < -0.3 is 10.0 Å². The van der Waals surface area contributed by atoms with Crippen molar-refractivity contribution in [3.05, 3.63) is 52.3 Å². The smallest absolute Gasteiger partial charge is 0.227 e. The number of rotatable bonds is 3. The quantitative estimate of drug-likeness (QED) is 0.938. The number of aliphatic hydroxyl groups excluding tert-OH is 1. The van der Waals surface area contributed by atoms with Crippen LogP contribution in [0.25, 0.3) is 0 Å². The van der Waals surface area contributed by atoms with Gasteiger partial charge >= 0.3 is 0 Å². The van der Waals surface area contributed by atoms with E-state index in [2.05, 4.69) is 11.2 Å². The molecule has 1 aromatic carbocycles. The SMILES string of the molecule is Cc1nn(C)c(C)c1CC(=O)N1CCc2ccccc2[C@@H]1CO. The Bertz CT molecular complexity index is 736. The lowest BCUT2D eigenvalue weighted by Gasteiger charge is -2.36. The van der Waals surface area contributed by atoms with Crippen molar-refractivity contribution in [1.29, 1.82) is 0 Å². The zero-order chi connectivity index (χ0) is 16.6. The third kappa shape index (κ3) is 2.77. The fourth-order valence-corrected chi connectivity index (χ4v) is 3.47. The maximum atomic E-state index is 12.8. The molecule has 0 saturated heterocycles. The molecule has 0 spiro atoms. The third-order valence-electron chi connectivity index (χ3n) is 4.89. The number of aliphatic hydroxyl groups is 1. The average Bonchev–Trinajstić information content (AvgIpc) is 2.79. The first-order valence-corrected chi connectivity index (χ1v) is 8.00. The minimum absolute atomic E-state index is 0.0479. The summed E-state index contributed by atoms with van der Waals surface area (Å²) >= 11 is 0. The molecule has 122 valence electrons. The summed E-state index contributed by atoms with van der Waals surface area (Å²) < 4.78 is 1.81. The summed E-state index contributed by atoms with van der Waals surface area (Å²) in [6.45, 7) is 4.52. The normalized spacial score (nSPS) is 17.2. The molecule has 0 radical (unpaired) electrons. The first-order chi connectivity index (χ1) is 11.0. The molecule has 1 N–H and O–H groups in total. The third-order valence-corrected chi connectivity index (χ3v) is 4.89. The topological polar surface area (TPSA) is 58.4 Å². The fourth-order valence-electron chi connectivity index (χ4n) is 3.47. The van der Waals surface area contributed by atoms with Crippen LogP contribution in [0.4, 0.5) is 0 Å². The molecular formula is C18H23N3O2. The summed E-state index contributed by atoms with van der Waals surface area (Å²) in [5.41, 5.74) is 5.21. The Labute approximate surface area is 136 Å². The van der Waals surface area contributed by atoms with Gasteiger partial charge in [0.25, 0.3) is 0 Å². The van der Waals surface area contributed by atoms with Gasteiger partial charge in [0.15, 0.2) is 0 Å². The summed E-state index contributed by atoms with van der Waals surface area (Å²) in [5, 5.41) is 14.2. The fraction of sp³-hybridized carbons (Fsp3) is 0.444. The Hall–Kier alpha value is -2.14. The van der Waals surface area contributed by atoms with E-state index in [1.807, 2.05) is 48.7 Å². The molecule has 5 nitrogen and oxygen atoms in total. The highest BCUT2D eigenvalue weighted by Crippen LogP contribution is 2.30. The van der Waals surface area contributed by atoms with Crippen molar-refractivity contribution >= 4 is 5.91 Å². The molecule has 5 heteroatoms. The van der Waals surface area contributed by atoms with E-state index in [0.717, 1.165) is 28.9 Å². The van der Waals surface area contributed by atoms with Crippen LogP contribution in [0.2, 0.25) is 0 Å². The van der Waals surface area contributed by atoms with E-state index < -0.39 is 0 Å². The molecule has 23 heavy (non-hydrogen) atoms. The summed E-state index contributed by atoms with van der Waals surface area (Å²) in [6, 6.07) is 7.81. The standard InChI is InChI=1S/C18H23N3O2/c1-12-16(13(2)20(3)19-12)10-18(23)21-9-8-14-6-4-5-7-15(14)17(21)11-22/h4-7,17,22H,8-11H2,1-3H3/t17-/m0/s1. The number of fused-ring (bicyclic) bond motifs is 1. The van der Waals surface area contributed by atoms with Crippen LogP contribution in [0.15, 0.2) is 24.3 Å². The van der Waals surface area contributed by atoms with E-state index in [0.29, 0.717) is 13.0 Å². The maximum absolute atomic E-state index is 12.8. The van der Waals surface area contributed by atoms with Gasteiger partial charge in [0.2, 0.25) is 5.91 Å². The Balaban J connectivity index is 1.85. The summed E-state index contributed by atoms with van der Waals surface area (Å²) in [6.07, 6.45) is 1.17. The molecule has 0 aliphatic carbocycles. The van der Waals surface area contributed by atoms with Gasteiger partial charge in [0.1, 0.15) is 0 Å². The highest BCUT2D eigenvalue weighted by molar-refractivity contribution is 5.80. The zero-order valence-electron chi connectivity index (χ0n) is 13.9. The number of hydrogen-bond acceptors (Lipinski definition) is 3. The second kappa shape index (κ2) is 6.16. The maximum Gasteiger partial charge on any atom is 0.227 e. The molecular weight excluding hydrogens is 290 g/mol. The number of carbonyl (C=O) groups excluding carboxylic acids is 1. The predicted octanol–water partition coefficient (Wildman–Crippen LogP) is 1.70. The first kappa shape index (κ1) is 15.7. The molecule has 1 aliphatic heterocycles. The first-order valence-electron chi connectivity index (χ1n) is 8.00. The Kier molecular flexibility index (Phi) is 4.22. The molecule has 0 unspecified atom stereocenters. The van der Waals surface area contributed by atoms with Crippen LogP contribution in [0, 0.1) is 13.8 Å². The summed E-state index contributed by atoms with van der Waals surface area (Å²) in [4.78, 5) is 14.7. The minimum Gasteiger partial charge on any atom is -0.394 e. The van der Waals surface area contributed by atoms with E-state index in [-0.39, 0.29) is 18.6 Å². The lowest BCUT2D eigenvalue weighted by atomic mass is 9.92. The van der Waals surface area contributed by atoms with Crippen molar-refractivity contribution in [2.45, 2.75) is 32.7 Å². The molecule has 3 rings (SSSR count). The van der Waals surface area contributed by atoms with E-state index in [1.165, 1.54) is 5.56 Å². The van der Waals surface area contributed by atoms with Gasteiger partial charge in [-0.1, -0.05) is 24.3 Å². The zero-order valence-corrected chi connectivity index (χ0v) is 13.9. The van der Waals surface area contributed by atoms with Gasteiger partial charge in [0.05, 0.1) is 24.8 Å². The van der Waals surface area contributed by atoms with Gasteiger partial charge in [-0.2, -0.15) is 5.10 Å². The molecule has 2 aromatic rings. The number of hydrogen-bond donors (Lipinski definition) is 1. The van der Waals surface area contributed by atoms with E-state index in [1.54, 1.807) is 0 Å². The molecule has 2 heterocycles. The number of aromatic nitrogens is 2. The lowest BCUT2D eigenvalue weighted by molar-refractivity contribution is -0.134. The number of nitrogens with zero attached hydrogens (tertiary/aromatic N) is 3. The van der Waals surface area contributed by atoms with Crippen LogP contribution in [-0.2, 0) is 24.7 Å². The average molecular weight is 313 g/mol. The highest BCUT2D eigenvalue weighted by atomic mass is 16.3. The molecule has 1 atom stereocenters. The predicted molar refractivity (Wildman–Crippen MR) is 88.1 cm³/mol. The lowest BCUT2D eigenvalue weighted by Crippen LogP contribution is -2.42. The molecule has 0 fully saturated rings. The molecule has 0 saturated carbocycles. The Morgan fingerprint density at radius 3 is 2.74 bits per heavy atom. The Morgan fingerprint density at radius 1 is 1.35 bits per heavy atom. The number of carbonyl (C=O) groups is 1. The van der Waals surface area contributed by atoms with Gasteiger partial charge in [-0.25, -0.2) is 0 Å². The number of amides is 1. The monoisotopic (exact) mass is 313 g/mol. The second-order valence-corrected chi connectivity index (χ2v) is 6.18. The molecule has 1 amide bonds. The van der Waals surface area contributed by atoms with Gasteiger partial charge in [-0.3, -0.25) is 9.48 Å². The molecule has 1 aliphatic rings. The van der Waals surface area contributed by atoms with Crippen molar-refractivity contribution in [2.75, 3.05) is 13.2 Å². The summed E-state index contributed by atoms with van der Waals surface area (Å²) in [7, 11) is 1.89. The van der Waals surface area contributed by atoms with Crippen LogP contribution in [0.3, 0.4) is 0 Å². The molecule has 1 aromatic heterocycles. The molecule has 0 bridgehead atoms. The number of benzene rings is 1. The van der Waals surface area contributed by atoms with Crippen LogP contribution < -0.4 is 0 Å². The van der Waals surface area contributed by atoms with Crippen molar-refractivity contribution < 1.29 is 9.90 Å². The summed E-state index contributed by atoms with van der Waals surface area (Å²) in [5.74, 6) is 0.0535. The Morgan fingerprint density at radius 2 is 2.09 bits per heavy atom. The van der Waals surface area contributed by atoms with Crippen LogP contribution >= 0.6 is 0 Å². The van der Waals surface area contributed by atoms with E-state index >= 15 is 0 Å². The van der Waals surface area contributed by atoms with Crippen molar-refractivity contribution in [2.24, 2.45) is 7.05 Å². The van der Waals surface area contributed by atoms with Gasteiger partial charge in [-0.05, 0) is 31.4 Å². The van der Waals surface area contributed by atoms with Gasteiger partial charge in [0, 0.05) is 24.8 Å². The minimum atomic E-state index is -0.246. The van der Waals surface area contributed by atoms with E-state index in [4.69, 9.17) is 0 Å². The van der Waals surface area contributed by atoms with Crippen molar-refractivity contribution in [3.8, 4) is 0 Å². The number of aryl methyl sites for hydroxylation is 2. The van der Waals surface area contributed by atoms with Crippen molar-refractivity contribution in [3.63, 3.8) is 0 Å². The largest absolute Gasteiger partial charge is 0.394 e. The second-order valence-electron chi connectivity index (χ2n) is 6.18. The van der Waals surface area contributed by atoms with Crippen LogP contribution in [-0.4, -0.2) is 38.8 Å². The highest BCUT2D eigenvalue weighted by Gasteiger charge is 2.30. The van der Waals surface area contributed by atoms with Crippen LogP contribution in [0.5, 0.6) is 0 Å². The van der Waals surface area contributed by atoms with Crippen LogP contribution in [0.1, 0.15) is 34.1 Å². The van der Waals surface area contributed by atoms with E-state index in [9.17, 15) is 9.90 Å². The van der Waals surface area contributed by atoms with Gasteiger partial charge in [-0.15, -0.1) is 0 Å². The van der Waals surface area contributed by atoms with Crippen molar-refractivity contribution in [1.82, 2.24) is 14.7 Å².